The minimum atomic E-state index is -0.136. The molecule has 0 radical (unpaired) electrons. The SMILES string of the molecule is COc1cc(C(=O)NC(C)c2ccccc2)ccc1-c1cn[nH]c1. The molecule has 5 heteroatoms. The van der Waals surface area contributed by atoms with Crippen molar-refractivity contribution in [1.82, 2.24) is 15.5 Å². The van der Waals surface area contributed by atoms with Gasteiger partial charge < -0.3 is 10.1 Å². The molecule has 2 aromatic carbocycles. The Hall–Kier alpha value is -3.08. The lowest BCUT2D eigenvalue weighted by atomic mass is 10.0. The van der Waals surface area contributed by atoms with Crippen molar-refractivity contribution < 1.29 is 9.53 Å². The predicted octanol–water partition coefficient (Wildman–Crippen LogP) is 3.58. The van der Waals surface area contributed by atoms with Crippen LogP contribution in [0.1, 0.15) is 28.9 Å². The molecule has 0 saturated carbocycles. The van der Waals surface area contributed by atoms with Gasteiger partial charge in [0.05, 0.1) is 19.3 Å². The number of nitrogens with zero attached hydrogens (tertiary/aromatic N) is 1. The highest BCUT2D eigenvalue weighted by Crippen LogP contribution is 2.30. The van der Waals surface area contributed by atoms with E-state index in [-0.39, 0.29) is 11.9 Å². The zero-order valence-electron chi connectivity index (χ0n) is 13.6. The summed E-state index contributed by atoms with van der Waals surface area (Å²) >= 11 is 0. The zero-order valence-corrected chi connectivity index (χ0v) is 13.6. The van der Waals surface area contributed by atoms with Crippen LogP contribution >= 0.6 is 0 Å². The number of rotatable bonds is 5. The minimum absolute atomic E-state index is 0.0711. The number of benzene rings is 2. The Morgan fingerprint density at radius 2 is 2.00 bits per heavy atom. The summed E-state index contributed by atoms with van der Waals surface area (Å²) < 4.78 is 5.43. The quantitative estimate of drug-likeness (QED) is 0.755. The van der Waals surface area contributed by atoms with Crippen LogP contribution in [0, 0.1) is 0 Å². The third kappa shape index (κ3) is 3.30. The van der Waals surface area contributed by atoms with Gasteiger partial charge in [-0.3, -0.25) is 9.89 Å². The second-order valence-electron chi connectivity index (χ2n) is 5.51. The van der Waals surface area contributed by atoms with E-state index >= 15 is 0 Å². The Bertz CT molecular complexity index is 814. The largest absolute Gasteiger partial charge is 0.496 e. The van der Waals surface area contributed by atoms with Gasteiger partial charge in [0.1, 0.15) is 5.75 Å². The molecule has 2 N–H and O–H groups in total. The highest BCUT2D eigenvalue weighted by atomic mass is 16.5. The number of aromatic nitrogens is 2. The predicted molar refractivity (Wildman–Crippen MR) is 92.9 cm³/mol. The lowest BCUT2D eigenvalue weighted by molar-refractivity contribution is 0.0939. The molecule has 5 nitrogen and oxygen atoms in total. The van der Waals surface area contributed by atoms with Crippen LogP contribution in [0.4, 0.5) is 0 Å². The van der Waals surface area contributed by atoms with Gasteiger partial charge >= 0.3 is 0 Å². The summed E-state index contributed by atoms with van der Waals surface area (Å²) in [6, 6.07) is 15.2. The molecule has 3 aromatic rings. The summed E-state index contributed by atoms with van der Waals surface area (Å²) in [5, 5.41) is 9.73. The molecular formula is C19H19N3O2. The fourth-order valence-corrected chi connectivity index (χ4v) is 2.57. The Morgan fingerprint density at radius 1 is 1.21 bits per heavy atom. The number of aromatic amines is 1. The number of amides is 1. The van der Waals surface area contributed by atoms with Crippen LogP contribution in [-0.4, -0.2) is 23.2 Å². The van der Waals surface area contributed by atoms with Crippen LogP contribution in [0.25, 0.3) is 11.1 Å². The van der Waals surface area contributed by atoms with Gasteiger partial charge in [0, 0.05) is 22.9 Å². The summed E-state index contributed by atoms with van der Waals surface area (Å²) in [5.41, 5.74) is 3.42. The molecule has 1 unspecified atom stereocenters. The summed E-state index contributed by atoms with van der Waals surface area (Å²) in [6.45, 7) is 1.96. The summed E-state index contributed by atoms with van der Waals surface area (Å²) in [6.07, 6.45) is 3.50. The third-order valence-corrected chi connectivity index (χ3v) is 3.92. The molecule has 122 valence electrons. The van der Waals surface area contributed by atoms with Crippen molar-refractivity contribution >= 4 is 5.91 Å². The summed E-state index contributed by atoms with van der Waals surface area (Å²) in [7, 11) is 1.59. The molecule has 0 aliphatic rings. The van der Waals surface area contributed by atoms with Crippen molar-refractivity contribution in [3.63, 3.8) is 0 Å². The number of H-pyrrole nitrogens is 1. The molecular weight excluding hydrogens is 302 g/mol. The van der Waals surface area contributed by atoms with E-state index in [0.29, 0.717) is 11.3 Å². The molecule has 0 aliphatic carbocycles. The molecule has 24 heavy (non-hydrogen) atoms. The monoisotopic (exact) mass is 321 g/mol. The second kappa shape index (κ2) is 7.00. The average molecular weight is 321 g/mol. The number of ether oxygens (including phenoxy) is 1. The van der Waals surface area contributed by atoms with Gasteiger partial charge in [-0.25, -0.2) is 0 Å². The Labute approximate surface area is 140 Å². The maximum atomic E-state index is 12.5. The van der Waals surface area contributed by atoms with Crippen molar-refractivity contribution in [2.75, 3.05) is 7.11 Å². The number of carbonyl (C=O) groups is 1. The van der Waals surface area contributed by atoms with Crippen molar-refractivity contribution in [2.24, 2.45) is 0 Å². The van der Waals surface area contributed by atoms with Crippen LogP contribution in [0.2, 0.25) is 0 Å². The third-order valence-electron chi connectivity index (χ3n) is 3.92. The lowest BCUT2D eigenvalue weighted by Crippen LogP contribution is -2.26. The first-order valence-electron chi connectivity index (χ1n) is 7.72. The molecule has 3 rings (SSSR count). The van der Waals surface area contributed by atoms with Gasteiger partial charge in [0.2, 0.25) is 0 Å². The lowest BCUT2D eigenvalue weighted by Gasteiger charge is -2.15. The van der Waals surface area contributed by atoms with Crippen LogP contribution < -0.4 is 10.1 Å². The maximum Gasteiger partial charge on any atom is 0.251 e. The summed E-state index contributed by atoms with van der Waals surface area (Å²) in [5.74, 6) is 0.500. The fourth-order valence-electron chi connectivity index (χ4n) is 2.57. The smallest absolute Gasteiger partial charge is 0.251 e. The van der Waals surface area contributed by atoms with Gasteiger partial charge in [-0.05, 0) is 30.7 Å². The standard InChI is InChI=1S/C19H19N3O2/c1-13(14-6-4-3-5-7-14)22-19(23)15-8-9-17(18(10-15)24-2)16-11-20-21-12-16/h3-13H,1-2H3,(H,20,21)(H,22,23). The Balaban J connectivity index is 1.80. The zero-order chi connectivity index (χ0) is 16.9. The van der Waals surface area contributed by atoms with Crippen LogP contribution in [0.15, 0.2) is 60.9 Å². The number of nitrogens with one attached hydrogen (secondary N) is 2. The number of hydrogen-bond donors (Lipinski definition) is 2. The van der Waals surface area contributed by atoms with Crippen molar-refractivity contribution in [1.29, 1.82) is 0 Å². The van der Waals surface area contributed by atoms with E-state index < -0.39 is 0 Å². The van der Waals surface area contributed by atoms with Gasteiger partial charge in [-0.1, -0.05) is 30.3 Å². The normalized spacial score (nSPS) is 11.8. The second-order valence-corrected chi connectivity index (χ2v) is 5.51. The first-order valence-corrected chi connectivity index (χ1v) is 7.72. The van der Waals surface area contributed by atoms with Crippen LogP contribution in [-0.2, 0) is 0 Å². The van der Waals surface area contributed by atoms with Crippen molar-refractivity contribution in [2.45, 2.75) is 13.0 Å². The first kappa shape index (κ1) is 15.8. The average Bonchev–Trinajstić information content (AvgIpc) is 3.16. The van der Waals surface area contributed by atoms with Crippen LogP contribution in [0.5, 0.6) is 5.75 Å². The molecule has 1 heterocycles. The molecule has 1 atom stereocenters. The van der Waals surface area contributed by atoms with E-state index in [4.69, 9.17) is 4.74 Å². The molecule has 1 amide bonds. The number of carbonyl (C=O) groups excluding carboxylic acids is 1. The summed E-state index contributed by atoms with van der Waals surface area (Å²) in [4.78, 5) is 12.5. The number of methoxy groups -OCH3 is 1. The molecule has 0 saturated heterocycles. The van der Waals surface area contributed by atoms with Gasteiger partial charge in [-0.15, -0.1) is 0 Å². The maximum absolute atomic E-state index is 12.5. The van der Waals surface area contributed by atoms with E-state index in [9.17, 15) is 4.79 Å². The molecule has 1 aromatic heterocycles. The topological polar surface area (TPSA) is 67.0 Å². The van der Waals surface area contributed by atoms with Gasteiger partial charge in [-0.2, -0.15) is 5.10 Å². The van der Waals surface area contributed by atoms with E-state index in [1.165, 1.54) is 0 Å². The van der Waals surface area contributed by atoms with Crippen molar-refractivity contribution in [3.05, 3.63) is 72.1 Å². The highest BCUT2D eigenvalue weighted by Gasteiger charge is 2.14. The van der Waals surface area contributed by atoms with Crippen LogP contribution in [0.3, 0.4) is 0 Å². The number of hydrogen-bond acceptors (Lipinski definition) is 3. The molecule has 0 bridgehead atoms. The Morgan fingerprint density at radius 3 is 2.67 bits per heavy atom. The minimum Gasteiger partial charge on any atom is -0.496 e. The fraction of sp³-hybridized carbons (Fsp3) is 0.158. The Kier molecular flexibility index (Phi) is 4.61. The van der Waals surface area contributed by atoms with E-state index in [1.54, 1.807) is 31.6 Å². The van der Waals surface area contributed by atoms with E-state index in [2.05, 4.69) is 15.5 Å². The molecule has 0 spiro atoms. The van der Waals surface area contributed by atoms with E-state index in [1.807, 2.05) is 43.3 Å². The van der Waals surface area contributed by atoms with Crippen molar-refractivity contribution in [3.8, 4) is 16.9 Å². The first-order chi connectivity index (χ1) is 11.7. The molecule has 0 fully saturated rings. The highest BCUT2D eigenvalue weighted by molar-refractivity contribution is 5.95. The molecule has 0 aliphatic heterocycles. The van der Waals surface area contributed by atoms with E-state index in [0.717, 1.165) is 16.7 Å². The van der Waals surface area contributed by atoms with Gasteiger partial charge in [0.25, 0.3) is 5.91 Å². The van der Waals surface area contributed by atoms with Gasteiger partial charge in [0.15, 0.2) is 0 Å².